The summed E-state index contributed by atoms with van der Waals surface area (Å²) in [7, 11) is 0. The maximum Gasteiger partial charge on any atom is 0.0992 e. The zero-order valence-electron chi connectivity index (χ0n) is 10.9. The predicted molar refractivity (Wildman–Crippen MR) is 79.3 cm³/mol. The van der Waals surface area contributed by atoms with Gasteiger partial charge in [-0.1, -0.05) is 12.1 Å². The molecule has 0 aliphatic heterocycles. The van der Waals surface area contributed by atoms with Gasteiger partial charge in [0, 0.05) is 10.6 Å². The van der Waals surface area contributed by atoms with Crippen LogP contribution in [0.15, 0.2) is 35.7 Å². The van der Waals surface area contributed by atoms with E-state index in [1.54, 1.807) is 11.3 Å². The summed E-state index contributed by atoms with van der Waals surface area (Å²) in [5.41, 5.74) is 3.00. The third-order valence-electron chi connectivity index (χ3n) is 3.62. The molecule has 0 bridgehead atoms. The second-order valence-electron chi connectivity index (χ2n) is 5.12. The van der Waals surface area contributed by atoms with E-state index in [9.17, 15) is 0 Å². The molecular weight excluding hydrogens is 252 g/mol. The van der Waals surface area contributed by atoms with Crippen molar-refractivity contribution in [2.75, 3.05) is 5.32 Å². The van der Waals surface area contributed by atoms with Crippen LogP contribution in [-0.2, 0) is 0 Å². The van der Waals surface area contributed by atoms with Crippen molar-refractivity contribution in [2.45, 2.75) is 25.8 Å². The topological polar surface area (TPSA) is 35.8 Å². The summed E-state index contributed by atoms with van der Waals surface area (Å²) in [6.07, 6.45) is 2.60. The van der Waals surface area contributed by atoms with Gasteiger partial charge in [0.05, 0.1) is 17.7 Å². The lowest BCUT2D eigenvalue weighted by Crippen LogP contribution is -2.12. The Balaban J connectivity index is 1.88. The zero-order chi connectivity index (χ0) is 13.2. The number of aryl methyl sites for hydroxylation is 1. The first-order valence-corrected chi connectivity index (χ1v) is 7.46. The van der Waals surface area contributed by atoms with Crippen molar-refractivity contribution >= 4 is 17.0 Å². The number of rotatable bonds is 4. The first kappa shape index (κ1) is 12.3. The molecule has 1 aromatic heterocycles. The standard InChI is InChI=1S/C16H16N2S/c1-11-4-5-12(10-17)9-14(11)18-16(13-6-7-13)15-3-2-8-19-15/h2-5,8-9,13,16,18H,6-7H2,1H3. The molecule has 1 atom stereocenters. The van der Waals surface area contributed by atoms with Crippen molar-refractivity contribution in [3.05, 3.63) is 51.7 Å². The number of hydrogen-bond donors (Lipinski definition) is 1. The van der Waals surface area contributed by atoms with Crippen molar-refractivity contribution in [3.63, 3.8) is 0 Å². The Hall–Kier alpha value is -1.79. The van der Waals surface area contributed by atoms with Gasteiger partial charge in [0.2, 0.25) is 0 Å². The van der Waals surface area contributed by atoms with Crippen molar-refractivity contribution in [1.82, 2.24) is 0 Å². The molecule has 3 heteroatoms. The van der Waals surface area contributed by atoms with E-state index in [0.29, 0.717) is 11.6 Å². The highest BCUT2D eigenvalue weighted by molar-refractivity contribution is 7.10. The van der Waals surface area contributed by atoms with Crippen molar-refractivity contribution < 1.29 is 0 Å². The van der Waals surface area contributed by atoms with Gasteiger partial charge in [-0.05, 0) is 54.8 Å². The molecular formula is C16H16N2S. The molecule has 1 N–H and O–H groups in total. The molecule has 2 nitrogen and oxygen atoms in total. The van der Waals surface area contributed by atoms with Gasteiger partial charge in [-0.25, -0.2) is 0 Å². The molecule has 0 saturated heterocycles. The van der Waals surface area contributed by atoms with Crippen molar-refractivity contribution in [3.8, 4) is 6.07 Å². The molecule has 1 saturated carbocycles. The molecule has 1 unspecified atom stereocenters. The van der Waals surface area contributed by atoms with Crippen LogP contribution in [0.4, 0.5) is 5.69 Å². The number of benzene rings is 1. The number of nitrogens with zero attached hydrogens (tertiary/aromatic N) is 1. The molecule has 19 heavy (non-hydrogen) atoms. The van der Waals surface area contributed by atoms with E-state index in [4.69, 9.17) is 5.26 Å². The summed E-state index contributed by atoms with van der Waals surface area (Å²) in [4.78, 5) is 1.39. The summed E-state index contributed by atoms with van der Waals surface area (Å²) in [5.74, 6) is 0.740. The number of hydrogen-bond acceptors (Lipinski definition) is 3. The summed E-state index contributed by atoms with van der Waals surface area (Å²) in [6, 6.07) is 12.8. The number of nitriles is 1. The van der Waals surface area contributed by atoms with Gasteiger partial charge in [-0.3, -0.25) is 0 Å². The largest absolute Gasteiger partial charge is 0.377 e. The number of anilines is 1. The van der Waals surface area contributed by atoms with E-state index in [1.165, 1.54) is 23.3 Å². The maximum absolute atomic E-state index is 9.02. The highest BCUT2D eigenvalue weighted by atomic mass is 32.1. The first-order valence-electron chi connectivity index (χ1n) is 6.58. The molecule has 1 aliphatic carbocycles. The SMILES string of the molecule is Cc1ccc(C#N)cc1NC(c1cccs1)C1CC1. The number of nitrogens with one attached hydrogen (secondary N) is 1. The molecule has 96 valence electrons. The molecule has 1 aliphatic rings. The quantitative estimate of drug-likeness (QED) is 0.886. The van der Waals surface area contributed by atoms with Gasteiger partial charge in [-0.2, -0.15) is 5.26 Å². The summed E-state index contributed by atoms with van der Waals surface area (Å²) in [5, 5.41) is 14.8. The summed E-state index contributed by atoms with van der Waals surface area (Å²) >= 11 is 1.81. The monoisotopic (exact) mass is 268 g/mol. The Morgan fingerprint density at radius 3 is 2.84 bits per heavy atom. The van der Waals surface area contributed by atoms with Crippen molar-refractivity contribution in [2.24, 2.45) is 5.92 Å². The Bertz CT molecular complexity index is 606. The van der Waals surface area contributed by atoms with E-state index in [1.807, 2.05) is 18.2 Å². The Kier molecular flexibility index (Phi) is 3.27. The molecule has 0 amide bonds. The average Bonchev–Trinajstić information content (AvgIpc) is 3.12. The smallest absolute Gasteiger partial charge is 0.0992 e. The van der Waals surface area contributed by atoms with Crippen LogP contribution in [0.5, 0.6) is 0 Å². The molecule has 0 spiro atoms. The third kappa shape index (κ3) is 2.64. The average molecular weight is 268 g/mol. The second kappa shape index (κ2) is 5.07. The predicted octanol–water partition coefficient (Wildman–Crippen LogP) is 4.49. The Labute approximate surface area is 117 Å². The van der Waals surface area contributed by atoms with Crippen LogP contribution in [0.3, 0.4) is 0 Å². The molecule has 0 radical (unpaired) electrons. The van der Waals surface area contributed by atoms with E-state index in [0.717, 1.165) is 11.6 Å². The normalized spacial score (nSPS) is 15.8. The van der Waals surface area contributed by atoms with Crippen LogP contribution < -0.4 is 5.32 Å². The summed E-state index contributed by atoms with van der Waals surface area (Å²) in [6.45, 7) is 2.09. The van der Waals surface area contributed by atoms with E-state index in [2.05, 4.69) is 35.8 Å². The van der Waals surface area contributed by atoms with Crippen molar-refractivity contribution in [1.29, 1.82) is 5.26 Å². The van der Waals surface area contributed by atoms with E-state index in [-0.39, 0.29) is 0 Å². The highest BCUT2D eigenvalue weighted by Gasteiger charge is 2.33. The van der Waals surface area contributed by atoms with Crippen LogP contribution in [0.25, 0.3) is 0 Å². The van der Waals surface area contributed by atoms with Crippen LogP contribution in [0.1, 0.15) is 34.9 Å². The Morgan fingerprint density at radius 1 is 1.37 bits per heavy atom. The van der Waals surface area contributed by atoms with Crippen LogP contribution in [0.2, 0.25) is 0 Å². The van der Waals surface area contributed by atoms with Gasteiger partial charge in [0.1, 0.15) is 0 Å². The number of thiophene rings is 1. The van der Waals surface area contributed by atoms with Crippen LogP contribution >= 0.6 is 11.3 Å². The van der Waals surface area contributed by atoms with Gasteiger partial charge in [-0.15, -0.1) is 11.3 Å². The van der Waals surface area contributed by atoms with E-state index >= 15 is 0 Å². The lowest BCUT2D eigenvalue weighted by atomic mass is 10.1. The minimum atomic E-state index is 0.396. The minimum absolute atomic E-state index is 0.396. The zero-order valence-corrected chi connectivity index (χ0v) is 11.7. The molecule has 1 aromatic carbocycles. The van der Waals surface area contributed by atoms with Crippen LogP contribution in [-0.4, -0.2) is 0 Å². The van der Waals surface area contributed by atoms with Gasteiger partial charge in [0.25, 0.3) is 0 Å². The fraction of sp³-hybridized carbons (Fsp3) is 0.312. The van der Waals surface area contributed by atoms with Gasteiger partial charge in [0.15, 0.2) is 0 Å². The maximum atomic E-state index is 9.02. The Morgan fingerprint density at radius 2 is 2.21 bits per heavy atom. The summed E-state index contributed by atoms with van der Waals surface area (Å²) < 4.78 is 0. The molecule has 1 heterocycles. The second-order valence-corrected chi connectivity index (χ2v) is 6.10. The lowest BCUT2D eigenvalue weighted by molar-refractivity contribution is 0.690. The van der Waals surface area contributed by atoms with E-state index < -0.39 is 0 Å². The lowest BCUT2D eigenvalue weighted by Gasteiger charge is -2.20. The first-order chi connectivity index (χ1) is 9.28. The third-order valence-corrected chi connectivity index (χ3v) is 4.58. The highest BCUT2D eigenvalue weighted by Crippen LogP contribution is 2.44. The van der Waals surface area contributed by atoms with Gasteiger partial charge < -0.3 is 5.32 Å². The fourth-order valence-electron chi connectivity index (χ4n) is 2.33. The minimum Gasteiger partial charge on any atom is -0.377 e. The molecule has 3 rings (SSSR count). The fourth-order valence-corrected chi connectivity index (χ4v) is 3.20. The van der Waals surface area contributed by atoms with Gasteiger partial charge >= 0.3 is 0 Å². The molecule has 1 fully saturated rings. The van der Waals surface area contributed by atoms with Crippen LogP contribution in [0, 0.1) is 24.2 Å². The molecule has 2 aromatic rings.